The molecule has 0 spiro atoms. The van der Waals surface area contributed by atoms with Crippen molar-refractivity contribution < 1.29 is 0 Å². The van der Waals surface area contributed by atoms with Crippen LogP contribution in [0.15, 0.2) is 66.9 Å². The molecule has 1 aliphatic carbocycles. The van der Waals surface area contributed by atoms with Crippen LogP contribution in [0, 0.1) is 0 Å². The van der Waals surface area contributed by atoms with Crippen LogP contribution in [0.1, 0.15) is 18.5 Å². The van der Waals surface area contributed by atoms with Crippen LogP contribution in [-0.2, 0) is 0 Å². The van der Waals surface area contributed by atoms with Crippen molar-refractivity contribution in [1.82, 2.24) is 9.97 Å². The fourth-order valence-corrected chi connectivity index (χ4v) is 3.16. The highest BCUT2D eigenvalue weighted by molar-refractivity contribution is 6.28. The minimum Gasteiger partial charge on any atom is -0.226 e. The van der Waals surface area contributed by atoms with Crippen molar-refractivity contribution in [3.8, 4) is 11.1 Å². The summed E-state index contributed by atoms with van der Waals surface area (Å²) in [6, 6.07) is 14.7. The molecule has 1 aromatic heterocycles. The van der Waals surface area contributed by atoms with Crippen molar-refractivity contribution >= 4 is 27.9 Å². The van der Waals surface area contributed by atoms with E-state index in [0.29, 0.717) is 0 Å². The molecule has 112 valence electrons. The zero-order valence-corrected chi connectivity index (χ0v) is 13.3. The highest BCUT2D eigenvalue weighted by atomic mass is 35.5. The molecule has 0 N–H and O–H groups in total. The number of allylic oxidation sites excluding steroid dienone is 4. The molecule has 0 radical (unpaired) electrons. The summed E-state index contributed by atoms with van der Waals surface area (Å²) in [7, 11) is 0. The smallest absolute Gasteiger partial charge is 0.222 e. The molecule has 0 atom stereocenters. The average molecular weight is 319 g/mol. The lowest BCUT2D eigenvalue weighted by atomic mass is 9.94. The largest absolute Gasteiger partial charge is 0.226 e. The van der Waals surface area contributed by atoms with Crippen molar-refractivity contribution in [2.75, 3.05) is 0 Å². The molecule has 3 aromatic rings. The van der Waals surface area contributed by atoms with E-state index in [1.165, 1.54) is 10.8 Å². The Hall–Kier alpha value is -2.45. The third-order valence-electron chi connectivity index (χ3n) is 4.11. The van der Waals surface area contributed by atoms with Crippen LogP contribution in [0.5, 0.6) is 0 Å². The topological polar surface area (TPSA) is 25.8 Å². The number of aromatic nitrogens is 2. The number of halogens is 1. The number of benzene rings is 2. The predicted octanol–water partition coefficient (Wildman–Crippen LogP) is 5.68. The minimum absolute atomic E-state index is 0.281. The van der Waals surface area contributed by atoms with Gasteiger partial charge in [0.25, 0.3) is 0 Å². The van der Waals surface area contributed by atoms with Gasteiger partial charge in [-0.25, -0.2) is 9.97 Å². The van der Waals surface area contributed by atoms with Gasteiger partial charge in [-0.2, -0.15) is 0 Å². The zero-order valence-electron chi connectivity index (χ0n) is 12.5. The number of hydrogen-bond donors (Lipinski definition) is 0. The van der Waals surface area contributed by atoms with Crippen molar-refractivity contribution in [2.24, 2.45) is 0 Å². The Labute approximate surface area is 140 Å². The predicted molar refractivity (Wildman–Crippen MR) is 96.3 cm³/mol. The number of fused-ring (bicyclic) bond motifs is 1. The molecule has 2 nitrogen and oxygen atoms in total. The molecule has 0 fully saturated rings. The molecule has 0 aliphatic heterocycles. The van der Waals surface area contributed by atoms with Gasteiger partial charge in [0, 0.05) is 11.8 Å². The van der Waals surface area contributed by atoms with Crippen molar-refractivity contribution in [3.05, 3.63) is 77.9 Å². The molecule has 0 amide bonds. The first-order chi connectivity index (χ1) is 11.3. The Morgan fingerprint density at radius 1 is 0.913 bits per heavy atom. The van der Waals surface area contributed by atoms with Crippen LogP contribution in [0.3, 0.4) is 0 Å². The van der Waals surface area contributed by atoms with E-state index >= 15 is 0 Å². The standard InChI is InChI=1S/C20H15ClN2/c21-20-22-13-18(19(23-20)15-8-2-1-3-9-15)17-12-6-10-14-7-4-5-11-16(14)17/h2,4-13H,1,3H2. The molecule has 4 rings (SSSR count). The highest BCUT2D eigenvalue weighted by Gasteiger charge is 2.14. The van der Waals surface area contributed by atoms with Gasteiger partial charge in [0.1, 0.15) is 0 Å². The van der Waals surface area contributed by atoms with Gasteiger partial charge in [0.05, 0.1) is 5.69 Å². The van der Waals surface area contributed by atoms with Crippen LogP contribution < -0.4 is 0 Å². The van der Waals surface area contributed by atoms with Crippen molar-refractivity contribution in [3.63, 3.8) is 0 Å². The minimum atomic E-state index is 0.281. The van der Waals surface area contributed by atoms with E-state index in [2.05, 4.69) is 70.7 Å². The van der Waals surface area contributed by atoms with Gasteiger partial charge in [-0.3, -0.25) is 0 Å². The van der Waals surface area contributed by atoms with Gasteiger partial charge < -0.3 is 0 Å². The quantitative estimate of drug-likeness (QED) is 0.568. The number of nitrogens with zero attached hydrogens (tertiary/aromatic N) is 2. The molecule has 1 heterocycles. The van der Waals surface area contributed by atoms with Gasteiger partial charge in [0.2, 0.25) is 5.28 Å². The van der Waals surface area contributed by atoms with Crippen LogP contribution in [0.25, 0.3) is 27.5 Å². The van der Waals surface area contributed by atoms with E-state index in [9.17, 15) is 0 Å². The summed E-state index contributed by atoms with van der Waals surface area (Å²) in [4.78, 5) is 8.74. The third kappa shape index (κ3) is 2.66. The zero-order chi connectivity index (χ0) is 15.6. The van der Waals surface area contributed by atoms with Gasteiger partial charge in [0.15, 0.2) is 0 Å². The number of hydrogen-bond acceptors (Lipinski definition) is 2. The van der Waals surface area contributed by atoms with Gasteiger partial charge >= 0.3 is 0 Å². The Bertz CT molecular complexity index is 936. The SMILES string of the molecule is Clc1ncc(-c2cccc3ccccc23)c(C2=CCCC=C2)n1. The summed E-state index contributed by atoms with van der Waals surface area (Å²) >= 11 is 6.07. The summed E-state index contributed by atoms with van der Waals surface area (Å²) in [5, 5.41) is 2.69. The van der Waals surface area contributed by atoms with Gasteiger partial charge in [-0.1, -0.05) is 60.7 Å². The van der Waals surface area contributed by atoms with E-state index in [1.54, 1.807) is 0 Å². The van der Waals surface area contributed by atoms with E-state index in [0.717, 1.165) is 35.2 Å². The second kappa shape index (κ2) is 5.98. The van der Waals surface area contributed by atoms with E-state index in [1.807, 2.05) is 6.20 Å². The normalized spacial score (nSPS) is 14.0. The second-order valence-electron chi connectivity index (χ2n) is 5.57. The van der Waals surface area contributed by atoms with Gasteiger partial charge in [-0.05, 0) is 46.4 Å². The van der Waals surface area contributed by atoms with Crippen LogP contribution in [0.4, 0.5) is 0 Å². The summed E-state index contributed by atoms with van der Waals surface area (Å²) in [5.41, 5.74) is 4.17. The van der Waals surface area contributed by atoms with Crippen molar-refractivity contribution in [2.45, 2.75) is 12.8 Å². The molecule has 23 heavy (non-hydrogen) atoms. The lowest BCUT2D eigenvalue weighted by molar-refractivity contribution is 1.03. The molecular weight excluding hydrogens is 304 g/mol. The Kier molecular flexibility index (Phi) is 3.68. The Balaban J connectivity index is 1.98. The van der Waals surface area contributed by atoms with Crippen LogP contribution >= 0.6 is 11.6 Å². The molecule has 0 unspecified atom stereocenters. The Morgan fingerprint density at radius 3 is 2.65 bits per heavy atom. The van der Waals surface area contributed by atoms with Crippen molar-refractivity contribution in [1.29, 1.82) is 0 Å². The monoisotopic (exact) mass is 318 g/mol. The maximum absolute atomic E-state index is 6.07. The molecule has 0 bridgehead atoms. The highest BCUT2D eigenvalue weighted by Crippen LogP contribution is 2.34. The summed E-state index contributed by atoms with van der Waals surface area (Å²) in [6.45, 7) is 0. The van der Waals surface area contributed by atoms with Gasteiger partial charge in [-0.15, -0.1) is 0 Å². The lowest BCUT2D eigenvalue weighted by Crippen LogP contribution is -1.97. The molecule has 0 saturated carbocycles. The fourth-order valence-electron chi connectivity index (χ4n) is 3.03. The second-order valence-corrected chi connectivity index (χ2v) is 5.91. The van der Waals surface area contributed by atoms with E-state index in [4.69, 9.17) is 11.6 Å². The Morgan fingerprint density at radius 2 is 1.78 bits per heavy atom. The van der Waals surface area contributed by atoms with Crippen LogP contribution in [0.2, 0.25) is 5.28 Å². The average Bonchev–Trinajstić information content (AvgIpc) is 2.62. The molecule has 3 heteroatoms. The number of rotatable bonds is 2. The summed E-state index contributed by atoms with van der Waals surface area (Å²) in [6.07, 6.45) is 10.5. The fraction of sp³-hybridized carbons (Fsp3) is 0.100. The van der Waals surface area contributed by atoms with E-state index < -0.39 is 0 Å². The molecule has 1 aliphatic rings. The summed E-state index contributed by atoms with van der Waals surface area (Å²) < 4.78 is 0. The summed E-state index contributed by atoms with van der Waals surface area (Å²) in [5.74, 6) is 0. The third-order valence-corrected chi connectivity index (χ3v) is 4.29. The molecular formula is C20H15ClN2. The maximum atomic E-state index is 6.07. The molecule has 2 aromatic carbocycles. The maximum Gasteiger partial charge on any atom is 0.222 e. The first-order valence-electron chi connectivity index (χ1n) is 7.71. The first kappa shape index (κ1) is 14.2. The first-order valence-corrected chi connectivity index (χ1v) is 8.08. The molecule has 0 saturated heterocycles. The van der Waals surface area contributed by atoms with Crippen LogP contribution in [-0.4, -0.2) is 9.97 Å². The van der Waals surface area contributed by atoms with E-state index in [-0.39, 0.29) is 5.28 Å². The lowest BCUT2D eigenvalue weighted by Gasteiger charge is -2.13.